The number of fused-ring (bicyclic) bond motifs is 1. The summed E-state index contributed by atoms with van der Waals surface area (Å²) in [5, 5.41) is 11.8. The molecule has 0 spiro atoms. The van der Waals surface area contributed by atoms with Crippen molar-refractivity contribution in [3.63, 3.8) is 0 Å². The average Bonchev–Trinajstić information content (AvgIpc) is 3.48. The molecule has 2 N–H and O–H groups in total. The number of carbonyl (C=O) groups is 1. The first-order chi connectivity index (χ1) is 15.2. The molecule has 2 aromatic carbocycles. The highest BCUT2D eigenvalue weighted by molar-refractivity contribution is 6.01. The predicted molar refractivity (Wildman–Crippen MR) is 123 cm³/mol. The van der Waals surface area contributed by atoms with Gasteiger partial charge >= 0.3 is 0 Å². The molecule has 1 aliphatic rings. The van der Waals surface area contributed by atoms with Crippen molar-refractivity contribution in [2.45, 2.75) is 38.6 Å². The summed E-state index contributed by atoms with van der Waals surface area (Å²) >= 11 is 0. The van der Waals surface area contributed by atoms with Crippen LogP contribution in [0.1, 0.15) is 53.3 Å². The minimum absolute atomic E-state index is 0.0622. The first-order valence-electron chi connectivity index (χ1n) is 11.0. The van der Waals surface area contributed by atoms with Gasteiger partial charge in [-0.05, 0) is 56.0 Å². The first kappa shape index (κ1) is 19.5. The SMILES string of the molecule is Cc1ccc(-c2n[nH]c3ccc(C(=O)N[C@H](c4ccccn4)C4CCCC4)cc23)cc1. The fourth-order valence-electron chi connectivity index (χ4n) is 4.60. The highest BCUT2D eigenvalue weighted by Gasteiger charge is 2.29. The number of aromatic nitrogens is 3. The summed E-state index contributed by atoms with van der Waals surface area (Å²) in [5.41, 5.74) is 5.60. The molecule has 1 fully saturated rings. The Hall–Kier alpha value is -3.47. The summed E-state index contributed by atoms with van der Waals surface area (Å²) in [6.45, 7) is 2.07. The van der Waals surface area contributed by atoms with Crippen LogP contribution in [0.25, 0.3) is 22.2 Å². The van der Waals surface area contributed by atoms with Crippen molar-refractivity contribution in [2.75, 3.05) is 0 Å². The number of benzene rings is 2. The number of amides is 1. The maximum Gasteiger partial charge on any atom is 0.251 e. The van der Waals surface area contributed by atoms with Gasteiger partial charge in [-0.15, -0.1) is 0 Å². The van der Waals surface area contributed by atoms with Crippen molar-refractivity contribution in [2.24, 2.45) is 5.92 Å². The molecule has 1 atom stereocenters. The minimum Gasteiger partial charge on any atom is -0.343 e. The number of H-pyrrole nitrogens is 1. The van der Waals surface area contributed by atoms with Gasteiger partial charge in [0.25, 0.3) is 5.91 Å². The molecule has 2 heterocycles. The Bertz CT molecular complexity index is 1190. The quantitative estimate of drug-likeness (QED) is 0.450. The number of nitrogens with zero attached hydrogens (tertiary/aromatic N) is 2. The maximum atomic E-state index is 13.3. The second kappa shape index (κ2) is 8.34. The standard InChI is InChI=1S/C26H26N4O/c1-17-9-11-19(12-10-17)24-21-16-20(13-14-22(21)29-30-24)26(31)28-25(18-6-2-3-7-18)23-8-4-5-15-27-23/h4-5,8-16,18,25H,2-3,6-7H2,1H3,(H,28,31)(H,29,30)/t25-/m0/s1. The fourth-order valence-corrected chi connectivity index (χ4v) is 4.60. The summed E-state index contributed by atoms with van der Waals surface area (Å²) in [7, 11) is 0. The highest BCUT2D eigenvalue weighted by Crippen LogP contribution is 2.35. The number of aryl methyl sites for hydroxylation is 1. The van der Waals surface area contributed by atoms with Crippen molar-refractivity contribution < 1.29 is 4.79 Å². The molecule has 156 valence electrons. The Labute approximate surface area is 181 Å². The van der Waals surface area contributed by atoms with Crippen LogP contribution in [0, 0.1) is 12.8 Å². The van der Waals surface area contributed by atoms with E-state index in [2.05, 4.69) is 51.7 Å². The van der Waals surface area contributed by atoms with E-state index in [1.165, 1.54) is 18.4 Å². The number of rotatable bonds is 5. The van der Waals surface area contributed by atoms with Crippen LogP contribution in [0.3, 0.4) is 0 Å². The number of hydrogen-bond acceptors (Lipinski definition) is 3. The monoisotopic (exact) mass is 410 g/mol. The molecule has 1 aliphatic carbocycles. The molecule has 0 aliphatic heterocycles. The van der Waals surface area contributed by atoms with Crippen molar-refractivity contribution in [3.8, 4) is 11.3 Å². The highest BCUT2D eigenvalue weighted by atomic mass is 16.1. The Kier molecular flexibility index (Phi) is 5.24. The van der Waals surface area contributed by atoms with E-state index in [1.54, 1.807) is 6.20 Å². The zero-order valence-electron chi connectivity index (χ0n) is 17.6. The zero-order valence-corrected chi connectivity index (χ0v) is 17.6. The number of hydrogen-bond donors (Lipinski definition) is 2. The molecule has 0 radical (unpaired) electrons. The fraction of sp³-hybridized carbons (Fsp3) is 0.269. The molecular weight excluding hydrogens is 384 g/mol. The second-order valence-corrected chi connectivity index (χ2v) is 8.45. The van der Waals surface area contributed by atoms with Crippen LogP contribution in [0.4, 0.5) is 0 Å². The van der Waals surface area contributed by atoms with Crippen LogP contribution in [-0.2, 0) is 0 Å². The van der Waals surface area contributed by atoms with Gasteiger partial charge in [-0.25, -0.2) is 0 Å². The van der Waals surface area contributed by atoms with E-state index in [4.69, 9.17) is 0 Å². The van der Waals surface area contributed by atoms with Crippen LogP contribution in [0.5, 0.6) is 0 Å². The molecule has 5 rings (SSSR count). The third-order valence-corrected chi connectivity index (χ3v) is 6.31. The van der Waals surface area contributed by atoms with Crippen LogP contribution < -0.4 is 5.32 Å². The van der Waals surface area contributed by atoms with Crippen LogP contribution in [-0.4, -0.2) is 21.1 Å². The predicted octanol–water partition coefficient (Wildman–Crippen LogP) is 5.59. The van der Waals surface area contributed by atoms with E-state index in [1.807, 2.05) is 36.4 Å². The summed E-state index contributed by atoms with van der Waals surface area (Å²) in [5.74, 6) is 0.361. The topological polar surface area (TPSA) is 70.7 Å². The molecule has 0 unspecified atom stereocenters. The van der Waals surface area contributed by atoms with Crippen molar-refractivity contribution in [1.82, 2.24) is 20.5 Å². The smallest absolute Gasteiger partial charge is 0.251 e. The van der Waals surface area contributed by atoms with E-state index < -0.39 is 0 Å². The Morgan fingerprint density at radius 2 is 1.87 bits per heavy atom. The second-order valence-electron chi connectivity index (χ2n) is 8.45. The molecule has 1 saturated carbocycles. The van der Waals surface area contributed by atoms with Gasteiger partial charge in [-0.1, -0.05) is 48.7 Å². The van der Waals surface area contributed by atoms with Gasteiger partial charge in [0, 0.05) is 22.7 Å². The van der Waals surface area contributed by atoms with E-state index >= 15 is 0 Å². The average molecular weight is 411 g/mol. The van der Waals surface area contributed by atoms with Crippen molar-refractivity contribution in [1.29, 1.82) is 0 Å². The van der Waals surface area contributed by atoms with Gasteiger partial charge in [0.05, 0.1) is 22.9 Å². The lowest BCUT2D eigenvalue weighted by atomic mass is 9.94. The third-order valence-electron chi connectivity index (χ3n) is 6.31. The summed E-state index contributed by atoms with van der Waals surface area (Å²) < 4.78 is 0. The van der Waals surface area contributed by atoms with E-state index in [-0.39, 0.29) is 11.9 Å². The summed E-state index contributed by atoms with van der Waals surface area (Å²) in [4.78, 5) is 17.8. The lowest BCUT2D eigenvalue weighted by molar-refractivity contribution is 0.0920. The Morgan fingerprint density at radius 3 is 2.61 bits per heavy atom. The van der Waals surface area contributed by atoms with Crippen LogP contribution in [0.2, 0.25) is 0 Å². The number of aromatic amines is 1. The molecule has 4 aromatic rings. The molecule has 5 nitrogen and oxygen atoms in total. The van der Waals surface area contributed by atoms with E-state index in [0.29, 0.717) is 11.5 Å². The maximum absolute atomic E-state index is 13.3. The Balaban J connectivity index is 1.46. The van der Waals surface area contributed by atoms with Crippen LogP contribution in [0.15, 0.2) is 66.9 Å². The molecule has 5 heteroatoms. The number of nitrogens with one attached hydrogen (secondary N) is 2. The van der Waals surface area contributed by atoms with Crippen LogP contribution >= 0.6 is 0 Å². The lowest BCUT2D eigenvalue weighted by Gasteiger charge is -2.24. The number of carbonyl (C=O) groups excluding carboxylic acids is 1. The molecular formula is C26H26N4O. The molecule has 0 saturated heterocycles. The number of pyridine rings is 1. The molecule has 0 bridgehead atoms. The van der Waals surface area contributed by atoms with E-state index in [0.717, 1.165) is 40.7 Å². The third kappa shape index (κ3) is 3.96. The van der Waals surface area contributed by atoms with E-state index in [9.17, 15) is 4.79 Å². The summed E-state index contributed by atoms with van der Waals surface area (Å²) in [6.07, 6.45) is 6.48. The Morgan fingerprint density at radius 1 is 1.06 bits per heavy atom. The molecule has 2 aromatic heterocycles. The van der Waals surface area contributed by atoms with Gasteiger partial charge in [0.15, 0.2) is 0 Å². The van der Waals surface area contributed by atoms with Gasteiger partial charge in [0.1, 0.15) is 0 Å². The van der Waals surface area contributed by atoms with Crippen molar-refractivity contribution >= 4 is 16.8 Å². The first-order valence-corrected chi connectivity index (χ1v) is 11.0. The molecule has 31 heavy (non-hydrogen) atoms. The molecule has 1 amide bonds. The lowest BCUT2D eigenvalue weighted by Crippen LogP contribution is -2.33. The summed E-state index contributed by atoms with van der Waals surface area (Å²) in [6, 6.07) is 19.9. The van der Waals surface area contributed by atoms with Gasteiger partial charge in [-0.2, -0.15) is 5.10 Å². The zero-order chi connectivity index (χ0) is 21.2. The van der Waals surface area contributed by atoms with Gasteiger partial charge in [-0.3, -0.25) is 14.9 Å². The normalized spacial score (nSPS) is 15.3. The van der Waals surface area contributed by atoms with Gasteiger partial charge in [0.2, 0.25) is 0 Å². The largest absolute Gasteiger partial charge is 0.343 e. The minimum atomic E-state index is -0.0690. The van der Waals surface area contributed by atoms with Gasteiger partial charge < -0.3 is 5.32 Å². The van der Waals surface area contributed by atoms with Crippen molar-refractivity contribution in [3.05, 3.63) is 83.7 Å².